The fraction of sp³-hybridized carbons (Fsp3) is 0.259. The molecule has 2 aromatic heterocycles. The van der Waals surface area contributed by atoms with E-state index in [1.165, 1.54) is 6.33 Å². The molecule has 40 heavy (non-hydrogen) atoms. The molecule has 12 nitrogen and oxygen atoms in total. The maximum absolute atomic E-state index is 13.0. The van der Waals surface area contributed by atoms with E-state index < -0.39 is 19.7 Å². The summed E-state index contributed by atoms with van der Waals surface area (Å²) in [5.41, 5.74) is 11.5. The molecule has 0 aliphatic heterocycles. The fourth-order valence-corrected chi connectivity index (χ4v) is 5.37. The Balaban J connectivity index is 1.16. The number of hydrogen-bond donors (Lipinski definition) is 4. The van der Waals surface area contributed by atoms with E-state index in [2.05, 4.69) is 25.5 Å². The summed E-state index contributed by atoms with van der Waals surface area (Å²) >= 11 is 0. The van der Waals surface area contributed by atoms with Gasteiger partial charge in [0, 0.05) is 5.92 Å². The van der Waals surface area contributed by atoms with Gasteiger partial charge in [-0.15, -0.1) is 0 Å². The van der Waals surface area contributed by atoms with Gasteiger partial charge < -0.3 is 15.2 Å². The number of amides is 1. The SMILES string of the molecule is Nc1ncnc2c1ncn2[C@@H]1C=C[C@H](COP(=O)(O)NC(=O)[C@@H](Cc2ccccc2)NOCc2ccccc2)C1. The Morgan fingerprint density at radius 1 is 1.07 bits per heavy atom. The minimum absolute atomic E-state index is 0.0634. The van der Waals surface area contributed by atoms with Crippen molar-refractivity contribution in [3.8, 4) is 0 Å². The fourth-order valence-electron chi connectivity index (χ4n) is 4.48. The number of carbonyl (C=O) groups excluding carboxylic acids is 1. The molecule has 208 valence electrons. The van der Waals surface area contributed by atoms with Crippen molar-refractivity contribution >= 4 is 30.6 Å². The van der Waals surface area contributed by atoms with Gasteiger partial charge >= 0.3 is 7.75 Å². The Bertz CT molecular complexity index is 1520. The smallest absolute Gasteiger partial charge is 0.382 e. The molecule has 0 saturated carbocycles. The van der Waals surface area contributed by atoms with Crippen LogP contribution in [0.3, 0.4) is 0 Å². The standard InChI is InChI=1S/C27H30N7O5P/c28-25-24-26(30-17-29-25)34(18-31-24)22-12-11-21(13-22)16-39-40(36,37)33-27(35)23(14-19-7-3-1-4-8-19)32-38-15-20-9-5-2-6-10-20/h1-12,17-18,21-23,32H,13-16H2,(H2,28,29,30)(H2,33,35,36,37)/t21-,22+,23+/m0/s1. The van der Waals surface area contributed by atoms with Crippen LogP contribution >= 0.6 is 7.75 Å². The molecule has 0 spiro atoms. The predicted molar refractivity (Wildman–Crippen MR) is 148 cm³/mol. The normalized spacial score (nSPS) is 18.9. The lowest BCUT2D eigenvalue weighted by Gasteiger charge is -2.21. The second-order valence-electron chi connectivity index (χ2n) is 9.46. The van der Waals surface area contributed by atoms with Gasteiger partial charge in [0.25, 0.3) is 0 Å². The molecule has 1 aliphatic rings. The molecule has 5 N–H and O–H groups in total. The van der Waals surface area contributed by atoms with Crippen LogP contribution in [0, 0.1) is 5.92 Å². The molecule has 1 amide bonds. The zero-order chi connectivity index (χ0) is 28.0. The van der Waals surface area contributed by atoms with E-state index in [-0.39, 0.29) is 31.6 Å². The van der Waals surface area contributed by atoms with Gasteiger partial charge in [0.1, 0.15) is 17.9 Å². The van der Waals surface area contributed by atoms with E-state index in [1.54, 1.807) is 6.33 Å². The first-order chi connectivity index (χ1) is 19.4. The van der Waals surface area contributed by atoms with Crippen molar-refractivity contribution in [2.75, 3.05) is 12.3 Å². The van der Waals surface area contributed by atoms with Crippen molar-refractivity contribution in [2.24, 2.45) is 5.92 Å². The Hall–Kier alpha value is -3.93. The van der Waals surface area contributed by atoms with Gasteiger partial charge in [0.05, 0.1) is 25.6 Å². The first-order valence-electron chi connectivity index (χ1n) is 12.7. The summed E-state index contributed by atoms with van der Waals surface area (Å²) in [6.45, 7) is 0.152. The molecule has 4 atom stereocenters. The van der Waals surface area contributed by atoms with E-state index in [1.807, 2.05) is 77.4 Å². The third kappa shape index (κ3) is 6.98. The first-order valence-corrected chi connectivity index (χ1v) is 14.3. The summed E-state index contributed by atoms with van der Waals surface area (Å²) in [6, 6.07) is 17.7. The highest BCUT2D eigenvalue weighted by molar-refractivity contribution is 7.51. The Kier molecular flexibility index (Phi) is 8.63. The third-order valence-corrected chi connectivity index (χ3v) is 7.52. The Labute approximate surface area is 230 Å². The number of carbonyl (C=O) groups is 1. The number of aromatic nitrogens is 4. The lowest BCUT2D eigenvalue weighted by molar-refractivity contribution is -0.126. The largest absolute Gasteiger partial charge is 0.432 e. The summed E-state index contributed by atoms with van der Waals surface area (Å²) in [5, 5.41) is 2.16. The number of anilines is 1. The van der Waals surface area contributed by atoms with Gasteiger partial charge in [-0.3, -0.25) is 19.2 Å². The minimum atomic E-state index is -4.46. The van der Waals surface area contributed by atoms with Crippen molar-refractivity contribution in [1.29, 1.82) is 0 Å². The highest BCUT2D eigenvalue weighted by Gasteiger charge is 2.31. The summed E-state index contributed by atoms with van der Waals surface area (Å²) in [6.07, 6.45) is 7.71. The lowest BCUT2D eigenvalue weighted by Crippen LogP contribution is -2.44. The molecule has 2 heterocycles. The van der Waals surface area contributed by atoms with Crippen molar-refractivity contribution in [1.82, 2.24) is 30.1 Å². The quantitative estimate of drug-likeness (QED) is 0.114. The van der Waals surface area contributed by atoms with Crippen LogP contribution in [0.5, 0.6) is 0 Å². The number of allylic oxidation sites excluding steroid dienone is 1. The van der Waals surface area contributed by atoms with Crippen LogP contribution in [0.15, 0.2) is 85.5 Å². The van der Waals surface area contributed by atoms with Crippen LogP contribution in [0.25, 0.3) is 11.2 Å². The highest BCUT2D eigenvalue weighted by atomic mass is 31.2. The number of nitrogen functional groups attached to an aromatic ring is 1. The number of benzene rings is 2. The van der Waals surface area contributed by atoms with Gasteiger partial charge in [0.2, 0.25) is 5.91 Å². The van der Waals surface area contributed by atoms with Crippen LogP contribution in [0.2, 0.25) is 0 Å². The van der Waals surface area contributed by atoms with Crippen LogP contribution in [-0.4, -0.2) is 43.0 Å². The van der Waals surface area contributed by atoms with Crippen LogP contribution in [0.4, 0.5) is 5.82 Å². The van der Waals surface area contributed by atoms with E-state index in [9.17, 15) is 14.3 Å². The van der Waals surface area contributed by atoms with Gasteiger partial charge in [-0.2, -0.15) is 5.48 Å². The molecule has 5 rings (SSSR count). The second kappa shape index (κ2) is 12.5. The van der Waals surface area contributed by atoms with Gasteiger partial charge in [0.15, 0.2) is 11.5 Å². The number of fused-ring (bicyclic) bond motifs is 1. The predicted octanol–water partition coefficient (Wildman–Crippen LogP) is 3.09. The van der Waals surface area contributed by atoms with Crippen molar-refractivity contribution in [2.45, 2.75) is 31.5 Å². The zero-order valence-corrected chi connectivity index (χ0v) is 22.4. The third-order valence-electron chi connectivity index (χ3n) is 6.52. The molecular weight excluding hydrogens is 533 g/mol. The number of imidazole rings is 1. The van der Waals surface area contributed by atoms with Gasteiger partial charge in [-0.25, -0.2) is 19.5 Å². The van der Waals surface area contributed by atoms with Crippen LogP contribution < -0.4 is 16.3 Å². The topological polar surface area (TPSA) is 167 Å². The number of nitrogens with two attached hydrogens (primary N) is 1. The van der Waals surface area contributed by atoms with E-state index in [4.69, 9.17) is 15.1 Å². The van der Waals surface area contributed by atoms with Crippen molar-refractivity contribution in [3.63, 3.8) is 0 Å². The number of hydrogen-bond acceptors (Lipinski definition) is 9. The van der Waals surface area contributed by atoms with E-state index in [0.29, 0.717) is 23.4 Å². The molecule has 0 radical (unpaired) electrons. The summed E-state index contributed by atoms with van der Waals surface area (Å²) in [5.74, 6) is -0.579. The van der Waals surface area contributed by atoms with Crippen LogP contribution in [0.1, 0.15) is 23.6 Å². The van der Waals surface area contributed by atoms with Crippen molar-refractivity contribution < 1.29 is 23.6 Å². The number of nitrogens with one attached hydrogen (secondary N) is 2. The molecule has 2 aromatic carbocycles. The summed E-state index contributed by atoms with van der Waals surface area (Å²) < 4.78 is 20.0. The molecule has 1 unspecified atom stereocenters. The van der Waals surface area contributed by atoms with Gasteiger partial charge in [-0.1, -0.05) is 72.8 Å². The summed E-state index contributed by atoms with van der Waals surface area (Å²) in [7, 11) is -4.46. The minimum Gasteiger partial charge on any atom is -0.382 e. The number of rotatable bonds is 12. The monoisotopic (exact) mass is 563 g/mol. The van der Waals surface area contributed by atoms with Crippen LogP contribution in [-0.2, 0) is 31.7 Å². The average molecular weight is 564 g/mol. The molecule has 0 bridgehead atoms. The number of nitrogens with zero attached hydrogens (tertiary/aromatic N) is 4. The van der Waals surface area contributed by atoms with E-state index in [0.717, 1.165) is 11.1 Å². The molecule has 4 aromatic rings. The zero-order valence-electron chi connectivity index (χ0n) is 21.5. The molecule has 0 saturated heterocycles. The number of hydroxylamine groups is 1. The molecule has 1 aliphatic carbocycles. The maximum atomic E-state index is 13.0. The van der Waals surface area contributed by atoms with Gasteiger partial charge in [-0.05, 0) is 24.0 Å². The highest BCUT2D eigenvalue weighted by Crippen LogP contribution is 2.40. The molecule has 13 heteroatoms. The second-order valence-corrected chi connectivity index (χ2v) is 11.0. The lowest BCUT2D eigenvalue weighted by atomic mass is 10.1. The Morgan fingerprint density at radius 3 is 2.55 bits per heavy atom. The Morgan fingerprint density at radius 2 is 1.80 bits per heavy atom. The molecule has 0 fully saturated rings. The van der Waals surface area contributed by atoms with Crippen molar-refractivity contribution in [3.05, 3.63) is 96.6 Å². The summed E-state index contributed by atoms with van der Waals surface area (Å²) in [4.78, 5) is 41.6. The maximum Gasteiger partial charge on any atom is 0.432 e. The average Bonchev–Trinajstić information content (AvgIpc) is 3.60. The van der Waals surface area contributed by atoms with E-state index >= 15 is 0 Å². The molecular formula is C27H30N7O5P. The first kappa shape index (κ1) is 27.6.